The molecule has 202 valence electrons. The third-order valence-electron chi connectivity index (χ3n) is 6.47. The summed E-state index contributed by atoms with van der Waals surface area (Å²) in [5, 5.41) is 20.3. The fraction of sp³-hybridized carbons (Fsp3) is 0.222. The van der Waals surface area contributed by atoms with Crippen LogP contribution in [0.3, 0.4) is 0 Å². The summed E-state index contributed by atoms with van der Waals surface area (Å²) in [6.45, 7) is 0.0999. The molecule has 39 heavy (non-hydrogen) atoms. The second-order valence-electron chi connectivity index (χ2n) is 9.16. The van der Waals surface area contributed by atoms with Crippen LogP contribution in [0.1, 0.15) is 34.3 Å². The maximum absolute atomic E-state index is 13.5. The Morgan fingerprint density at radius 2 is 1.92 bits per heavy atom. The Labute approximate surface area is 225 Å². The van der Waals surface area contributed by atoms with Crippen LogP contribution < -0.4 is 15.4 Å². The van der Waals surface area contributed by atoms with Crippen molar-refractivity contribution in [3.05, 3.63) is 82.5 Å². The Balaban J connectivity index is 1.40. The van der Waals surface area contributed by atoms with E-state index in [4.69, 9.17) is 16.3 Å². The predicted molar refractivity (Wildman–Crippen MR) is 138 cm³/mol. The summed E-state index contributed by atoms with van der Waals surface area (Å²) in [4.78, 5) is 25.2. The maximum Gasteiger partial charge on any atom is 0.420 e. The Morgan fingerprint density at radius 1 is 1.15 bits per heavy atom. The van der Waals surface area contributed by atoms with Gasteiger partial charge in [-0.3, -0.25) is 9.59 Å². The number of ether oxygens (including phenoxy) is 1. The molecule has 2 amide bonds. The number of amides is 2. The molecule has 1 aliphatic rings. The van der Waals surface area contributed by atoms with E-state index in [1.807, 2.05) is 0 Å². The number of carbonyl (C=O) groups excluding carboxylic acids is 2. The predicted octanol–water partition coefficient (Wildman–Crippen LogP) is 5.10. The van der Waals surface area contributed by atoms with Crippen molar-refractivity contribution in [3.8, 4) is 11.4 Å². The van der Waals surface area contributed by atoms with Gasteiger partial charge in [0.1, 0.15) is 11.4 Å². The fourth-order valence-corrected chi connectivity index (χ4v) is 4.36. The zero-order valence-corrected chi connectivity index (χ0v) is 21.2. The number of carbonyl (C=O) groups is 2. The first-order chi connectivity index (χ1) is 18.5. The third kappa shape index (κ3) is 5.27. The first-order valence-electron chi connectivity index (χ1n) is 11.8. The van der Waals surface area contributed by atoms with Gasteiger partial charge in [0.2, 0.25) is 0 Å². The van der Waals surface area contributed by atoms with Crippen LogP contribution in [0.2, 0.25) is 5.02 Å². The number of nitrogens with one attached hydrogen (secondary N) is 2. The van der Waals surface area contributed by atoms with Gasteiger partial charge in [0, 0.05) is 11.9 Å². The van der Waals surface area contributed by atoms with E-state index < -0.39 is 29.2 Å². The number of anilines is 1. The molecule has 5 rings (SSSR count). The van der Waals surface area contributed by atoms with Gasteiger partial charge in [-0.1, -0.05) is 23.7 Å². The van der Waals surface area contributed by atoms with Gasteiger partial charge in [-0.15, -0.1) is 0 Å². The van der Waals surface area contributed by atoms with Crippen molar-refractivity contribution in [3.63, 3.8) is 0 Å². The fourth-order valence-electron chi connectivity index (χ4n) is 4.15. The van der Waals surface area contributed by atoms with E-state index in [2.05, 4.69) is 15.7 Å². The van der Waals surface area contributed by atoms with Gasteiger partial charge in [0.25, 0.3) is 11.8 Å². The van der Waals surface area contributed by atoms with Crippen LogP contribution in [-0.4, -0.2) is 39.4 Å². The summed E-state index contributed by atoms with van der Waals surface area (Å²) in [6.07, 6.45) is -2.36. The molecule has 1 heterocycles. The normalized spacial score (nSPS) is 14.2. The van der Waals surface area contributed by atoms with Crippen LogP contribution >= 0.6 is 11.6 Å². The number of rotatable bonds is 7. The molecule has 0 aliphatic heterocycles. The first-order valence-corrected chi connectivity index (χ1v) is 12.2. The summed E-state index contributed by atoms with van der Waals surface area (Å²) in [6, 6.07) is 13.3. The van der Waals surface area contributed by atoms with Crippen LogP contribution in [0.4, 0.5) is 18.9 Å². The quantitative estimate of drug-likeness (QED) is 0.293. The van der Waals surface area contributed by atoms with Crippen LogP contribution in [0, 0.1) is 0 Å². The van der Waals surface area contributed by atoms with Gasteiger partial charge >= 0.3 is 6.18 Å². The molecule has 0 unspecified atom stereocenters. The van der Waals surface area contributed by atoms with Crippen molar-refractivity contribution in [2.24, 2.45) is 0 Å². The van der Waals surface area contributed by atoms with Crippen molar-refractivity contribution < 1.29 is 32.6 Å². The number of hydrogen-bond acceptors (Lipinski definition) is 5. The highest BCUT2D eigenvalue weighted by Crippen LogP contribution is 2.38. The van der Waals surface area contributed by atoms with Crippen molar-refractivity contribution in [1.29, 1.82) is 0 Å². The molecular formula is C27H22ClF3N4O4. The lowest BCUT2D eigenvalue weighted by Crippen LogP contribution is -2.35. The zero-order valence-electron chi connectivity index (χ0n) is 20.5. The van der Waals surface area contributed by atoms with E-state index in [1.165, 1.54) is 42.3 Å². The van der Waals surface area contributed by atoms with Crippen molar-refractivity contribution in [1.82, 2.24) is 15.1 Å². The van der Waals surface area contributed by atoms with Crippen LogP contribution in [-0.2, 0) is 17.5 Å². The largest absolute Gasteiger partial charge is 0.496 e. The molecule has 3 N–H and O–H groups in total. The van der Waals surface area contributed by atoms with Crippen LogP contribution in [0.15, 0.2) is 60.8 Å². The zero-order chi connectivity index (χ0) is 27.9. The van der Waals surface area contributed by atoms with Crippen LogP contribution in [0.5, 0.6) is 5.75 Å². The molecule has 1 fully saturated rings. The SMILES string of the molecule is COc1ccc(-n2ncc3c(NC(=O)c4cc(CNC(=O)C5(O)CC5)ccc4Cl)cccc32)cc1C(F)(F)F. The van der Waals surface area contributed by atoms with E-state index in [0.29, 0.717) is 35.0 Å². The molecule has 4 aromatic rings. The Bertz CT molecular complexity index is 1600. The number of aromatic nitrogens is 2. The Hall–Kier alpha value is -4.09. The second kappa shape index (κ2) is 9.90. The summed E-state index contributed by atoms with van der Waals surface area (Å²) >= 11 is 6.27. The number of benzene rings is 3. The average molecular weight is 559 g/mol. The molecule has 0 spiro atoms. The maximum atomic E-state index is 13.5. The lowest BCUT2D eigenvalue weighted by Gasteiger charge is -2.14. The van der Waals surface area contributed by atoms with E-state index >= 15 is 0 Å². The average Bonchev–Trinajstić information content (AvgIpc) is 3.51. The molecule has 0 atom stereocenters. The molecule has 1 saturated carbocycles. The first kappa shape index (κ1) is 26.5. The van der Waals surface area contributed by atoms with Crippen molar-refractivity contribution in [2.75, 3.05) is 12.4 Å². The van der Waals surface area contributed by atoms with Gasteiger partial charge in [-0.2, -0.15) is 18.3 Å². The van der Waals surface area contributed by atoms with Gasteiger partial charge in [0.05, 0.1) is 46.3 Å². The second-order valence-corrected chi connectivity index (χ2v) is 9.57. The summed E-state index contributed by atoms with van der Waals surface area (Å²) < 4.78 is 46.8. The van der Waals surface area contributed by atoms with Gasteiger partial charge in [-0.05, 0) is 60.9 Å². The molecule has 0 saturated heterocycles. The highest BCUT2D eigenvalue weighted by Gasteiger charge is 2.47. The number of fused-ring (bicyclic) bond motifs is 1. The molecular weight excluding hydrogens is 537 g/mol. The third-order valence-corrected chi connectivity index (χ3v) is 6.80. The minimum absolute atomic E-state index is 0.0999. The summed E-state index contributed by atoms with van der Waals surface area (Å²) in [7, 11) is 1.17. The van der Waals surface area contributed by atoms with E-state index in [-0.39, 0.29) is 28.6 Å². The minimum atomic E-state index is -4.63. The molecule has 1 aliphatic carbocycles. The topological polar surface area (TPSA) is 105 Å². The number of halogens is 4. The number of hydrogen-bond donors (Lipinski definition) is 3. The summed E-state index contributed by atoms with van der Waals surface area (Å²) in [5.41, 5.74) is -0.486. The summed E-state index contributed by atoms with van der Waals surface area (Å²) in [5.74, 6) is -1.30. The Kier molecular flexibility index (Phi) is 6.73. The standard InChI is InChI=1S/C27H22ClF3N4O4/c1-39-23-8-6-16(12-19(23)27(29,30)31)35-22-4-2-3-21(18(22)14-33-35)34-24(36)17-11-15(5-7-20(17)28)13-32-25(37)26(38)9-10-26/h2-8,11-12,14,38H,9-10,13H2,1H3,(H,32,37)(H,34,36). The van der Waals surface area contributed by atoms with Gasteiger partial charge in [-0.25, -0.2) is 4.68 Å². The van der Waals surface area contributed by atoms with Crippen molar-refractivity contribution in [2.45, 2.75) is 31.2 Å². The van der Waals surface area contributed by atoms with E-state index in [9.17, 15) is 27.9 Å². The van der Waals surface area contributed by atoms with Gasteiger partial charge < -0.3 is 20.5 Å². The smallest absolute Gasteiger partial charge is 0.420 e. The van der Waals surface area contributed by atoms with E-state index in [1.54, 1.807) is 24.3 Å². The lowest BCUT2D eigenvalue weighted by atomic mass is 10.1. The minimum Gasteiger partial charge on any atom is -0.496 e. The number of aliphatic hydroxyl groups is 1. The molecule has 3 aromatic carbocycles. The highest BCUT2D eigenvalue weighted by molar-refractivity contribution is 6.34. The number of methoxy groups -OCH3 is 1. The van der Waals surface area contributed by atoms with Gasteiger partial charge in [0.15, 0.2) is 0 Å². The monoisotopic (exact) mass is 558 g/mol. The molecule has 0 radical (unpaired) electrons. The lowest BCUT2D eigenvalue weighted by molar-refractivity contribution is -0.138. The van der Waals surface area contributed by atoms with Crippen LogP contribution in [0.25, 0.3) is 16.6 Å². The molecule has 8 nitrogen and oxygen atoms in total. The molecule has 1 aromatic heterocycles. The highest BCUT2D eigenvalue weighted by atomic mass is 35.5. The molecule has 12 heteroatoms. The number of nitrogens with zero attached hydrogens (tertiary/aromatic N) is 2. The molecule has 0 bridgehead atoms. The Morgan fingerprint density at radius 3 is 2.62 bits per heavy atom. The number of alkyl halides is 3. The van der Waals surface area contributed by atoms with E-state index in [0.717, 1.165) is 6.07 Å². The van der Waals surface area contributed by atoms with Crippen molar-refractivity contribution >= 4 is 40.0 Å².